The molecule has 1 amide bonds. The molecule has 3 N–H and O–H groups in total. The van der Waals surface area contributed by atoms with Crippen LogP contribution in [0.4, 0.5) is 0 Å². The number of carbonyl (C=O) groups is 1. The molecular formula is C8H11N3O. The molecule has 0 aliphatic rings. The highest BCUT2D eigenvalue weighted by Crippen LogP contribution is 1.99. The molecule has 1 aromatic heterocycles. The molecule has 0 spiro atoms. The van der Waals surface area contributed by atoms with E-state index in [4.69, 9.17) is 5.73 Å². The van der Waals surface area contributed by atoms with Gasteiger partial charge < -0.3 is 10.7 Å². The minimum absolute atomic E-state index is 0.456. The Balaban J connectivity index is 2.70. The highest BCUT2D eigenvalue weighted by molar-refractivity contribution is 5.89. The topological polar surface area (TPSA) is 71.8 Å². The number of aryl methyl sites for hydroxylation is 1. The van der Waals surface area contributed by atoms with Crippen LogP contribution >= 0.6 is 0 Å². The molecule has 0 aliphatic carbocycles. The van der Waals surface area contributed by atoms with Gasteiger partial charge in [0, 0.05) is 12.5 Å². The Kier molecular flexibility index (Phi) is 2.63. The van der Waals surface area contributed by atoms with Crippen molar-refractivity contribution in [2.24, 2.45) is 5.73 Å². The third kappa shape index (κ3) is 2.23. The van der Waals surface area contributed by atoms with Crippen LogP contribution in [0.2, 0.25) is 0 Å². The zero-order chi connectivity index (χ0) is 8.97. The van der Waals surface area contributed by atoms with Gasteiger partial charge >= 0.3 is 0 Å². The second-order valence-electron chi connectivity index (χ2n) is 2.37. The Morgan fingerprint density at radius 2 is 2.58 bits per heavy atom. The normalized spacial score (nSPS) is 10.8. The van der Waals surface area contributed by atoms with Crippen LogP contribution in [0.5, 0.6) is 0 Å². The van der Waals surface area contributed by atoms with Crippen molar-refractivity contribution >= 4 is 12.0 Å². The lowest BCUT2D eigenvalue weighted by molar-refractivity contribution is -0.113. The molecule has 1 heterocycles. The first-order chi connectivity index (χ1) is 5.72. The number of nitrogens with zero attached hydrogens (tertiary/aromatic N) is 1. The smallest absolute Gasteiger partial charge is 0.241 e. The molecule has 0 atom stereocenters. The predicted octanol–water partition coefficient (Wildman–Crippen LogP) is 0.471. The van der Waals surface area contributed by atoms with Gasteiger partial charge in [-0.1, -0.05) is 6.92 Å². The quantitative estimate of drug-likeness (QED) is 0.639. The van der Waals surface area contributed by atoms with Crippen molar-refractivity contribution in [2.75, 3.05) is 0 Å². The zero-order valence-electron chi connectivity index (χ0n) is 6.87. The molecule has 4 nitrogen and oxygen atoms in total. The van der Waals surface area contributed by atoms with Gasteiger partial charge in [0.1, 0.15) is 5.82 Å². The average Bonchev–Trinajstić information content (AvgIpc) is 2.48. The number of aromatic nitrogens is 2. The van der Waals surface area contributed by atoms with Crippen LogP contribution in [-0.4, -0.2) is 15.9 Å². The van der Waals surface area contributed by atoms with E-state index in [1.54, 1.807) is 12.3 Å². The Morgan fingerprint density at radius 3 is 3.08 bits per heavy atom. The summed E-state index contributed by atoms with van der Waals surface area (Å²) in [7, 11) is 0. The maximum atomic E-state index is 10.4. The molecule has 0 aliphatic heterocycles. The second kappa shape index (κ2) is 3.71. The van der Waals surface area contributed by atoms with Crippen molar-refractivity contribution in [1.82, 2.24) is 9.97 Å². The van der Waals surface area contributed by atoms with Crippen LogP contribution in [0.1, 0.15) is 18.4 Å². The number of nitrogens with one attached hydrogen (secondary N) is 1. The van der Waals surface area contributed by atoms with Crippen molar-refractivity contribution in [3.63, 3.8) is 0 Å². The lowest BCUT2D eigenvalue weighted by atomic mass is 10.4. The summed E-state index contributed by atoms with van der Waals surface area (Å²) in [6, 6.07) is 0. The van der Waals surface area contributed by atoms with Crippen LogP contribution in [0.3, 0.4) is 0 Å². The predicted molar refractivity (Wildman–Crippen MR) is 46.2 cm³/mol. The second-order valence-corrected chi connectivity index (χ2v) is 2.37. The summed E-state index contributed by atoms with van der Waals surface area (Å²) < 4.78 is 0. The number of amides is 1. The van der Waals surface area contributed by atoms with E-state index in [0.717, 1.165) is 17.9 Å². The number of nitrogens with two attached hydrogens (primary N) is 1. The summed E-state index contributed by atoms with van der Waals surface area (Å²) in [5.41, 5.74) is 5.72. The number of imidazole rings is 1. The van der Waals surface area contributed by atoms with E-state index in [0.29, 0.717) is 0 Å². The van der Waals surface area contributed by atoms with Gasteiger partial charge in [-0.3, -0.25) is 4.79 Å². The zero-order valence-corrected chi connectivity index (χ0v) is 6.87. The maximum Gasteiger partial charge on any atom is 0.241 e. The summed E-state index contributed by atoms with van der Waals surface area (Å²) in [6.07, 6.45) is 5.42. The monoisotopic (exact) mass is 165 g/mol. The number of H-pyrrole nitrogens is 1. The molecule has 0 radical (unpaired) electrons. The van der Waals surface area contributed by atoms with Crippen LogP contribution in [-0.2, 0) is 11.2 Å². The SMILES string of the molecule is CCc1ncc(/C=C\C(N)=O)[nH]1. The van der Waals surface area contributed by atoms with Crippen LogP contribution in [0.25, 0.3) is 6.08 Å². The number of rotatable bonds is 3. The van der Waals surface area contributed by atoms with E-state index in [2.05, 4.69) is 9.97 Å². The summed E-state index contributed by atoms with van der Waals surface area (Å²) in [5, 5.41) is 0. The van der Waals surface area contributed by atoms with E-state index in [9.17, 15) is 4.79 Å². The lowest BCUT2D eigenvalue weighted by Crippen LogP contribution is -2.05. The minimum Gasteiger partial charge on any atom is -0.366 e. The van der Waals surface area contributed by atoms with E-state index in [-0.39, 0.29) is 0 Å². The van der Waals surface area contributed by atoms with Gasteiger partial charge in [0.15, 0.2) is 0 Å². The van der Waals surface area contributed by atoms with Gasteiger partial charge in [-0.15, -0.1) is 0 Å². The minimum atomic E-state index is -0.456. The molecule has 0 bridgehead atoms. The fourth-order valence-electron chi connectivity index (χ4n) is 0.815. The molecule has 12 heavy (non-hydrogen) atoms. The molecule has 4 heteroatoms. The number of primary amides is 1. The highest BCUT2D eigenvalue weighted by atomic mass is 16.1. The van der Waals surface area contributed by atoms with Gasteiger partial charge in [0.2, 0.25) is 5.91 Å². The van der Waals surface area contributed by atoms with Crippen molar-refractivity contribution in [3.05, 3.63) is 23.8 Å². The molecule has 0 saturated carbocycles. The summed E-state index contributed by atoms with van der Waals surface area (Å²) in [5.74, 6) is 0.446. The summed E-state index contributed by atoms with van der Waals surface area (Å²) in [6.45, 7) is 2.00. The van der Waals surface area contributed by atoms with Gasteiger partial charge in [0.25, 0.3) is 0 Å². The van der Waals surface area contributed by atoms with Crippen LogP contribution < -0.4 is 5.73 Å². The number of carbonyl (C=O) groups excluding carboxylic acids is 1. The van der Waals surface area contributed by atoms with Crippen molar-refractivity contribution in [2.45, 2.75) is 13.3 Å². The van der Waals surface area contributed by atoms with Crippen LogP contribution in [0.15, 0.2) is 12.3 Å². The Morgan fingerprint density at radius 1 is 1.83 bits per heavy atom. The van der Waals surface area contributed by atoms with Crippen LogP contribution in [0, 0.1) is 0 Å². The van der Waals surface area contributed by atoms with Crippen molar-refractivity contribution < 1.29 is 4.79 Å². The molecule has 1 aromatic rings. The highest BCUT2D eigenvalue weighted by Gasteiger charge is 1.93. The van der Waals surface area contributed by atoms with E-state index in [1.165, 1.54) is 6.08 Å². The van der Waals surface area contributed by atoms with E-state index < -0.39 is 5.91 Å². The molecule has 0 fully saturated rings. The number of aromatic amines is 1. The Bertz CT molecular complexity index is 301. The Hall–Kier alpha value is -1.58. The molecule has 0 unspecified atom stereocenters. The van der Waals surface area contributed by atoms with Gasteiger partial charge in [-0.05, 0) is 6.08 Å². The number of hydrogen-bond donors (Lipinski definition) is 2. The molecule has 64 valence electrons. The third-order valence-electron chi connectivity index (χ3n) is 1.41. The molecule has 0 aromatic carbocycles. The van der Waals surface area contributed by atoms with Crippen molar-refractivity contribution in [1.29, 1.82) is 0 Å². The fraction of sp³-hybridized carbons (Fsp3) is 0.250. The average molecular weight is 165 g/mol. The molecular weight excluding hydrogens is 154 g/mol. The van der Waals surface area contributed by atoms with E-state index >= 15 is 0 Å². The largest absolute Gasteiger partial charge is 0.366 e. The van der Waals surface area contributed by atoms with E-state index in [1.807, 2.05) is 6.92 Å². The first-order valence-electron chi connectivity index (χ1n) is 3.73. The third-order valence-corrected chi connectivity index (χ3v) is 1.41. The molecule has 1 rings (SSSR count). The summed E-state index contributed by atoms with van der Waals surface area (Å²) in [4.78, 5) is 17.4. The fourth-order valence-corrected chi connectivity index (χ4v) is 0.815. The first-order valence-corrected chi connectivity index (χ1v) is 3.73. The standard InChI is InChI=1S/C8H11N3O/c1-2-8-10-5-6(11-8)3-4-7(9)12/h3-5H,2H2,1H3,(H2,9,12)(H,10,11)/b4-3-. The van der Waals surface area contributed by atoms with Gasteiger partial charge in [-0.2, -0.15) is 0 Å². The first kappa shape index (κ1) is 8.52. The Labute approximate surface area is 70.5 Å². The number of hydrogen-bond acceptors (Lipinski definition) is 2. The van der Waals surface area contributed by atoms with Gasteiger partial charge in [-0.25, -0.2) is 4.98 Å². The lowest BCUT2D eigenvalue weighted by Gasteiger charge is -1.84. The summed E-state index contributed by atoms with van der Waals surface area (Å²) >= 11 is 0. The van der Waals surface area contributed by atoms with Crippen molar-refractivity contribution in [3.8, 4) is 0 Å². The van der Waals surface area contributed by atoms with Gasteiger partial charge in [0.05, 0.1) is 11.9 Å². The molecule has 0 saturated heterocycles. The maximum absolute atomic E-state index is 10.4.